The van der Waals surface area contributed by atoms with Crippen LogP contribution in [0, 0.1) is 0 Å². The highest BCUT2D eigenvalue weighted by Crippen LogP contribution is 2.36. The molecule has 2 aliphatic rings. The smallest absolute Gasteiger partial charge is 0.151 e. The summed E-state index contributed by atoms with van der Waals surface area (Å²) in [4.78, 5) is 4.49. The third-order valence-electron chi connectivity index (χ3n) is 5.41. The van der Waals surface area contributed by atoms with E-state index in [2.05, 4.69) is 43.3 Å². The van der Waals surface area contributed by atoms with Crippen molar-refractivity contribution in [1.29, 1.82) is 0 Å². The van der Waals surface area contributed by atoms with E-state index >= 15 is 0 Å². The molecule has 0 amide bonds. The molecule has 0 spiro atoms. The zero-order valence-corrected chi connectivity index (χ0v) is 15.7. The molecule has 1 N–H and O–H groups in total. The largest absolute Gasteiger partial charge is 0.306 e. The summed E-state index contributed by atoms with van der Waals surface area (Å²) >= 11 is 6.21. The molecular weight excluding hydrogens is 358 g/mol. The second-order valence-electron chi connectivity index (χ2n) is 7.10. The summed E-state index contributed by atoms with van der Waals surface area (Å²) in [5.41, 5.74) is 4.73. The van der Waals surface area contributed by atoms with E-state index in [1.807, 2.05) is 30.5 Å². The van der Waals surface area contributed by atoms with Crippen molar-refractivity contribution in [3.8, 4) is 5.69 Å². The summed E-state index contributed by atoms with van der Waals surface area (Å²) in [5.74, 6) is 2.37. The Kier molecular flexibility index (Phi) is 4.26. The van der Waals surface area contributed by atoms with E-state index < -0.39 is 0 Å². The van der Waals surface area contributed by atoms with E-state index in [1.54, 1.807) is 0 Å². The summed E-state index contributed by atoms with van der Waals surface area (Å²) in [6.07, 6.45) is 7.19. The van der Waals surface area contributed by atoms with E-state index in [9.17, 15) is 0 Å². The number of fused-ring (bicyclic) bond motifs is 3. The number of halogens is 1. The first-order valence-electron chi connectivity index (χ1n) is 9.34. The fraction of sp³-hybridized carbons (Fsp3) is 0.286. The number of aromatic nitrogens is 4. The molecule has 0 saturated heterocycles. The summed E-state index contributed by atoms with van der Waals surface area (Å²) < 4.78 is 2.23. The topological polar surface area (TPSA) is 55.6 Å². The highest BCUT2D eigenvalue weighted by Gasteiger charge is 2.27. The number of nitrogens with zero attached hydrogens (tertiary/aromatic N) is 4. The van der Waals surface area contributed by atoms with Crippen molar-refractivity contribution in [2.75, 3.05) is 0 Å². The second kappa shape index (κ2) is 6.91. The minimum atomic E-state index is 0.361. The molecule has 1 aliphatic heterocycles. The molecule has 1 aromatic carbocycles. The van der Waals surface area contributed by atoms with Crippen LogP contribution in [0.15, 0.2) is 48.7 Å². The summed E-state index contributed by atoms with van der Waals surface area (Å²) in [6, 6.07) is 12.1. The minimum Gasteiger partial charge on any atom is -0.306 e. The van der Waals surface area contributed by atoms with Crippen molar-refractivity contribution in [2.24, 2.45) is 0 Å². The molecule has 1 aliphatic carbocycles. The van der Waals surface area contributed by atoms with Crippen LogP contribution in [0.4, 0.5) is 0 Å². The zero-order valence-electron chi connectivity index (χ0n) is 14.9. The number of allylic oxidation sites excluding steroid dienone is 2. The number of benzene rings is 1. The van der Waals surface area contributed by atoms with Gasteiger partial charge >= 0.3 is 0 Å². The highest BCUT2D eigenvalue weighted by molar-refractivity contribution is 6.30. The predicted octanol–water partition coefficient (Wildman–Crippen LogP) is 4.27. The van der Waals surface area contributed by atoms with Gasteiger partial charge in [-0.2, -0.15) is 0 Å². The first-order chi connectivity index (χ1) is 13.3. The van der Waals surface area contributed by atoms with Crippen molar-refractivity contribution >= 4 is 17.2 Å². The average molecular weight is 378 g/mol. The lowest BCUT2D eigenvalue weighted by molar-refractivity contribution is 0.576. The van der Waals surface area contributed by atoms with E-state index in [0.717, 1.165) is 53.9 Å². The van der Waals surface area contributed by atoms with Crippen LogP contribution in [0.3, 0.4) is 0 Å². The van der Waals surface area contributed by atoms with E-state index in [-0.39, 0.29) is 0 Å². The fourth-order valence-electron chi connectivity index (χ4n) is 4.05. The number of pyridine rings is 1. The average Bonchev–Trinajstić information content (AvgIpc) is 3.04. The van der Waals surface area contributed by atoms with Crippen molar-refractivity contribution < 1.29 is 0 Å². The molecule has 1 atom stereocenters. The van der Waals surface area contributed by atoms with Crippen LogP contribution in [0.2, 0.25) is 5.02 Å². The molecule has 0 bridgehead atoms. The third-order valence-corrected chi connectivity index (χ3v) is 5.64. The molecule has 0 radical (unpaired) electrons. The van der Waals surface area contributed by atoms with Gasteiger partial charge in [0.05, 0.1) is 17.9 Å². The van der Waals surface area contributed by atoms with Crippen LogP contribution in [-0.4, -0.2) is 19.7 Å². The number of hydrogen-bond acceptors (Lipinski definition) is 4. The van der Waals surface area contributed by atoms with Gasteiger partial charge in [-0.1, -0.05) is 23.7 Å². The number of nitrogens with one attached hydrogen (secondary N) is 1. The van der Waals surface area contributed by atoms with Gasteiger partial charge in [0.15, 0.2) is 5.82 Å². The first kappa shape index (κ1) is 16.7. The fourth-order valence-corrected chi connectivity index (χ4v) is 4.24. The molecule has 2 aromatic heterocycles. The highest BCUT2D eigenvalue weighted by atomic mass is 35.5. The minimum absolute atomic E-state index is 0.361. The van der Waals surface area contributed by atoms with Crippen molar-refractivity contribution in [3.63, 3.8) is 0 Å². The van der Waals surface area contributed by atoms with Gasteiger partial charge in [-0.05, 0) is 60.7 Å². The SMILES string of the molecule is Clc1ccc2c(c1)CNCc1nnc(C3CC=C(c4ccccn4)CC3)n1-2. The molecule has 5 rings (SSSR count). The van der Waals surface area contributed by atoms with Gasteiger partial charge < -0.3 is 5.32 Å². The maximum Gasteiger partial charge on any atom is 0.151 e. The predicted molar refractivity (Wildman–Crippen MR) is 106 cm³/mol. The van der Waals surface area contributed by atoms with Crippen molar-refractivity contribution in [3.05, 3.63) is 76.6 Å². The van der Waals surface area contributed by atoms with Gasteiger partial charge in [0.1, 0.15) is 5.82 Å². The molecule has 1 unspecified atom stereocenters. The standard InChI is InChI=1S/C21H20ClN5/c22-17-8-9-19-16(11-17)12-23-13-20-25-26-21(27(19)20)15-6-4-14(5-7-15)18-3-1-2-10-24-18/h1-4,8-11,15,23H,5-7,12-13H2. The van der Waals surface area contributed by atoms with Gasteiger partial charge in [0, 0.05) is 23.7 Å². The normalized spacial score (nSPS) is 19.0. The van der Waals surface area contributed by atoms with E-state index in [0.29, 0.717) is 12.5 Å². The van der Waals surface area contributed by atoms with Crippen molar-refractivity contribution in [1.82, 2.24) is 25.1 Å². The first-order valence-corrected chi connectivity index (χ1v) is 9.71. The Balaban J connectivity index is 1.50. The van der Waals surface area contributed by atoms with Crippen LogP contribution >= 0.6 is 11.6 Å². The lowest BCUT2D eigenvalue weighted by Crippen LogP contribution is -2.13. The van der Waals surface area contributed by atoms with Gasteiger partial charge in [-0.15, -0.1) is 10.2 Å². The molecule has 0 fully saturated rings. The molecular formula is C21H20ClN5. The maximum atomic E-state index is 6.21. The summed E-state index contributed by atoms with van der Waals surface area (Å²) in [6.45, 7) is 1.49. The van der Waals surface area contributed by atoms with Gasteiger partial charge in [0.2, 0.25) is 0 Å². The van der Waals surface area contributed by atoms with Crippen LogP contribution in [0.1, 0.15) is 48.1 Å². The molecule has 27 heavy (non-hydrogen) atoms. The Morgan fingerprint density at radius 3 is 2.89 bits per heavy atom. The lowest BCUT2D eigenvalue weighted by Gasteiger charge is -2.22. The Morgan fingerprint density at radius 1 is 1.11 bits per heavy atom. The van der Waals surface area contributed by atoms with Crippen molar-refractivity contribution in [2.45, 2.75) is 38.3 Å². The summed E-state index contributed by atoms with van der Waals surface area (Å²) in [7, 11) is 0. The quantitative estimate of drug-likeness (QED) is 0.724. The number of rotatable bonds is 2. The molecule has 0 saturated carbocycles. The van der Waals surface area contributed by atoms with Crippen LogP contribution in [0.25, 0.3) is 11.3 Å². The zero-order chi connectivity index (χ0) is 18.2. The molecule has 5 nitrogen and oxygen atoms in total. The van der Waals surface area contributed by atoms with E-state index in [1.165, 1.54) is 11.1 Å². The monoisotopic (exact) mass is 377 g/mol. The van der Waals surface area contributed by atoms with Crippen LogP contribution < -0.4 is 5.32 Å². The third kappa shape index (κ3) is 3.07. The summed E-state index contributed by atoms with van der Waals surface area (Å²) in [5, 5.41) is 13.2. The molecule has 3 aromatic rings. The van der Waals surface area contributed by atoms with Gasteiger partial charge in [0.25, 0.3) is 0 Å². The molecule has 136 valence electrons. The Bertz CT molecular complexity index is 1010. The Hall–Kier alpha value is -2.50. The number of hydrogen-bond donors (Lipinski definition) is 1. The van der Waals surface area contributed by atoms with E-state index in [4.69, 9.17) is 11.6 Å². The van der Waals surface area contributed by atoms with Crippen LogP contribution in [-0.2, 0) is 13.1 Å². The Morgan fingerprint density at radius 2 is 2.07 bits per heavy atom. The van der Waals surface area contributed by atoms with Crippen LogP contribution in [0.5, 0.6) is 0 Å². The molecule has 3 heterocycles. The van der Waals surface area contributed by atoms with Gasteiger partial charge in [-0.3, -0.25) is 9.55 Å². The second-order valence-corrected chi connectivity index (χ2v) is 7.54. The van der Waals surface area contributed by atoms with Gasteiger partial charge in [-0.25, -0.2) is 0 Å². The Labute approximate surface area is 163 Å². The lowest BCUT2D eigenvalue weighted by atomic mass is 9.87. The maximum absolute atomic E-state index is 6.21. The molecule has 6 heteroatoms.